The number of aryl methyl sites for hydroxylation is 1. The molecule has 0 atom stereocenters. The minimum absolute atomic E-state index is 0.170. The van der Waals surface area contributed by atoms with Crippen molar-refractivity contribution in [1.29, 1.82) is 0 Å². The molecule has 0 radical (unpaired) electrons. The predicted octanol–water partition coefficient (Wildman–Crippen LogP) is 2.74. The number of hydrogen-bond donors (Lipinski definition) is 1. The number of rotatable bonds is 4. The van der Waals surface area contributed by atoms with Gasteiger partial charge in [-0.2, -0.15) is 0 Å². The number of amides is 1. The van der Waals surface area contributed by atoms with Crippen molar-refractivity contribution in [3.05, 3.63) is 35.1 Å². The lowest BCUT2D eigenvalue weighted by molar-refractivity contribution is 0.0638. The molecule has 0 aliphatic carbocycles. The molecule has 4 heteroatoms. The molecule has 0 aromatic heterocycles. The summed E-state index contributed by atoms with van der Waals surface area (Å²) in [7, 11) is 0. The smallest absolute Gasteiger partial charge is 0.257 e. The Balaban J connectivity index is 2.21. The fraction of sp³-hybridized carbons (Fsp3) is 0.562. The standard InChI is InChI=1S/C16H23FN2O/c1-3-10-19(13-6-8-18-9-7-13)16(20)14-5-4-12(2)11-15(14)17/h4-5,11,13,18H,3,6-10H2,1-2H3. The molecular formula is C16H23FN2O. The van der Waals surface area contributed by atoms with E-state index < -0.39 is 5.82 Å². The van der Waals surface area contributed by atoms with Crippen molar-refractivity contribution in [2.45, 2.75) is 39.2 Å². The minimum atomic E-state index is -0.412. The van der Waals surface area contributed by atoms with Gasteiger partial charge in [0.2, 0.25) is 0 Å². The second kappa shape index (κ2) is 6.84. The lowest BCUT2D eigenvalue weighted by Gasteiger charge is -2.34. The lowest BCUT2D eigenvalue weighted by atomic mass is 10.0. The van der Waals surface area contributed by atoms with E-state index in [0.717, 1.165) is 37.9 Å². The maximum Gasteiger partial charge on any atom is 0.257 e. The average Bonchev–Trinajstić information content (AvgIpc) is 2.45. The van der Waals surface area contributed by atoms with Crippen LogP contribution in [0.15, 0.2) is 18.2 Å². The molecule has 0 unspecified atom stereocenters. The van der Waals surface area contributed by atoms with Crippen LogP contribution in [0, 0.1) is 12.7 Å². The molecule has 1 aromatic carbocycles. The summed E-state index contributed by atoms with van der Waals surface area (Å²) in [6.07, 6.45) is 2.78. The third-order valence-electron chi connectivity index (χ3n) is 3.83. The Hall–Kier alpha value is -1.42. The number of carbonyl (C=O) groups is 1. The molecule has 0 saturated carbocycles. The van der Waals surface area contributed by atoms with E-state index in [9.17, 15) is 9.18 Å². The molecule has 110 valence electrons. The molecule has 0 bridgehead atoms. The van der Waals surface area contributed by atoms with Gasteiger partial charge in [-0.3, -0.25) is 4.79 Å². The second-order valence-electron chi connectivity index (χ2n) is 5.46. The van der Waals surface area contributed by atoms with Crippen molar-refractivity contribution in [3.63, 3.8) is 0 Å². The van der Waals surface area contributed by atoms with E-state index in [4.69, 9.17) is 0 Å². The topological polar surface area (TPSA) is 32.3 Å². The van der Waals surface area contributed by atoms with Crippen molar-refractivity contribution in [3.8, 4) is 0 Å². The Morgan fingerprint density at radius 2 is 2.10 bits per heavy atom. The van der Waals surface area contributed by atoms with E-state index in [1.807, 2.05) is 18.7 Å². The summed E-state index contributed by atoms with van der Waals surface area (Å²) in [5.41, 5.74) is 1.03. The summed E-state index contributed by atoms with van der Waals surface area (Å²) in [5, 5.41) is 3.30. The van der Waals surface area contributed by atoms with Crippen LogP contribution in [0.25, 0.3) is 0 Å². The van der Waals surface area contributed by atoms with E-state index in [0.29, 0.717) is 6.54 Å². The van der Waals surface area contributed by atoms with Crippen molar-refractivity contribution < 1.29 is 9.18 Å². The maximum absolute atomic E-state index is 14.0. The van der Waals surface area contributed by atoms with Gasteiger partial charge in [0.25, 0.3) is 5.91 Å². The van der Waals surface area contributed by atoms with Gasteiger partial charge >= 0.3 is 0 Å². The maximum atomic E-state index is 14.0. The highest BCUT2D eigenvalue weighted by Gasteiger charge is 2.27. The molecule has 3 nitrogen and oxygen atoms in total. The first-order valence-electron chi connectivity index (χ1n) is 7.41. The van der Waals surface area contributed by atoms with Crippen LogP contribution in [-0.2, 0) is 0 Å². The van der Waals surface area contributed by atoms with Crippen molar-refractivity contribution in [2.75, 3.05) is 19.6 Å². The van der Waals surface area contributed by atoms with Crippen LogP contribution >= 0.6 is 0 Å². The molecule has 0 spiro atoms. The minimum Gasteiger partial charge on any atom is -0.335 e. The zero-order valence-corrected chi connectivity index (χ0v) is 12.3. The molecule has 1 saturated heterocycles. The van der Waals surface area contributed by atoms with Crippen molar-refractivity contribution in [2.24, 2.45) is 0 Å². The van der Waals surface area contributed by atoms with Gasteiger partial charge in [-0.15, -0.1) is 0 Å². The first-order chi connectivity index (χ1) is 9.63. The molecule has 1 N–H and O–H groups in total. The number of nitrogens with one attached hydrogen (secondary N) is 1. The van der Waals surface area contributed by atoms with Crippen LogP contribution in [0.4, 0.5) is 4.39 Å². The highest BCUT2D eigenvalue weighted by molar-refractivity contribution is 5.94. The number of halogens is 1. The number of carbonyl (C=O) groups excluding carboxylic acids is 1. The van der Waals surface area contributed by atoms with Gasteiger partial charge in [0.15, 0.2) is 0 Å². The van der Waals surface area contributed by atoms with Gasteiger partial charge in [0, 0.05) is 12.6 Å². The lowest BCUT2D eigenvalue weighted by Crippen LogP contribution is -2.46. The second-order valence-corrected chi connectivity index (χ2v) is 5.46. The van der Waals surface area contributed by atoms with Crippen molar-refractivity contribution >= 4 is 5.91 Å². The van der Waals surface area contributed by atoms with Crippen molar-refractivity contribution in [1.82, 2.24) is 10.2 Å². The molecule has 1 aliphatic rings. The SMILES string of the molecule is CCCN(C(=O)c1ccc(C)cc1F)C1CCNCC1. The predicted molar refractivity (Wildman–Crippen MR) is 78.4 cm³/mol. The number of nitrogens with zero attached hydrogens (tertiary/aromatic N) is 1. The third kappa shape index (κ3) is 3.37. The summed E-state index contributed by atoms with van der Waals surface area (Å²) < 4.78 is 14.0. The normalized spacial score (nSPS) is 16.1. The Labute approximate surface area is 120 Å². The Morgan fingerprint density at radius 3 is 2.70 bits per heavy atom. The summed E-state index contributed by atoms with van der Waals surface area (Å²) in [6.45, 7) is 6.42. The van der Waals surface area contributed by atoms with E-state index in [-0.39, 0.29) is 17.5 Å². The number of piperidine rings is 1. The molecule has 1 fully saturated rings. The van der Waals surface area contributed by atoms with Crippen LogP contribution < -0.4 is 5.32 Å². The van der Waals surface area contributed by atoms with Gasteiger partial charge < -0.3 is 10.2 Å². The Kier molecular flexibility index (Phi) is 5.12. The zero-order valence-electron chi connectivity index (χ0n) is 12.3. The molecule has 1 amide bonds. The first kappa shape index (κ1) is 15.0. The van der Waals surface area contributed by atoms with Crippen LogP contribution in [0.5, 0.6) is 0 Å². The monoisotopic (exact) mass is 278 g/mol. The number of hydrogen-bond acceptors (Lipinski definition) is 2. The molecular weight excluding hydrogens is 255 g/mol. The van der Waals surface area contributed by atoms with E-state index in [2.05, 4.69) is 5.32 Å². The Morgan fingerprint density at radius 1 is 1.40 bits per heavy atom. The average molecular weight is 278 g/mol. The molecule has 2 rings (SSSR count). The van der Waals surface area contributed by atoms with Crippen LogP contribution in [0.3, 0.4) is 0 Å². The fourth-order valence-electron chi connectivity index (χ4n) is 2.76. The summed E-state index contributed by atoms with van der Waals surface area (Å²) >= 11 is 0. The summed E-state index contributed by atoms with van der Waals surface area (Å²) in [6, 6.07) is 5.06. The van der Waals surface area contributed by atoms with Gasteiger partial charge in [-0.05, 0) is 57.0 Å². The fourth-order valence-corrected chi connectivity index (χ4v) is 2.76. The van der Waals surface area contributed by atoms with E-state index >= 15 is 0 Å². The quantitative estimate of drug-likeness (QED) is 0.918. The number of benzene rings is 1. The van der Waals surface area contributed by atoms with Crippen LogP contribution in [0.1, 0.15) is 42.1 Å². The van der Waals surface area contributed by atoms with Crippen LogP contribution in [0.2, 0.25) is 0 Å². The summed E-state index contributed by atoms with van der Waals surface area (Å²) in [4.78, 5) is 14.5. The Bertz CT molecular complexity index is 470. The van der Waals surface area contributed by atoms with E-state index in [1.165, 1.54) is 6.07 Å². The van der Waals surface area contributed by atoms with Gasteiger partial charge in [-0.25, -0.2) is 4.39 Å². The molecule has 1 aliphatic heterocycles. The van der Waals surface area contributed by atoms with Gasteiger partial charge in [0.1, 0.15) is 5.82 Å². The highest BCUT2D eigenvalue weighted by atomic mass is 19.1. The molecule has 1 heterocycles. The zero-order chi connectivity index (χ0) is 14.5. The van der Waals surface area contributed by atoms with Gasteiger partial charge in [0.05, 0.1) is 5.56 Å². The molecule has 1 aromatic rings. The largest absolute Gasteiger partial charge is 0.335 e. The highest BCUT2D eigenvalue weighted by Crippen LogP contribution is 2.18. The molecule has 20 heavy (non-hydrogen) atoms. The van der Waals surface area contributed by atoms with Crippen LogP contribution in [-0.4, -0.2) is 36.5 Å². The first-order valence-corrected chi connectivity index (χ1v) is 7.41. The summed E-state index contributed by atoms with van der Waals surface area (Å²) in [5.74, 6) is -0.582. The third-order valence-corrected chi connectivity index (χ3v) is 3.83. The van der Waals surface area contributed by atoms with Gasteiger partial charge in [-0.1, -0.05) is 13.0 Å². The van der Waals surface area contributed by atoms with E-state index in [1.54, 1.807) is 12.1 Å².